The summed E-state index contributed by atoms with van der Waals surface area (Å²) in [7, 11) is 0. The maximum Gasteiger partial charge on any atom is 0.338 e. The van der Waals surface area contributed by atoms with E-state index in [-0.39, 0.29) is 5.91 Å². The van der Waals surface area contributed by atoms with Gasteiger partial charge < -0.3 is 10.1 Å². The van der Waals surface area contributed by atoms with Crippen LogP contribution in [0.25, 0.3) is 11.0 Å². The lowest BCUT2D eigenvalue weighted by Crippen LogP contribution is -2.30. The highest BCUT2D eigenvalue weighted by atomic mass is 16.5. The second kappa shape index (κ2) is 7.57. The van der Waals surface area contributed by atoms with Crippen LogP contribution in [0.5, 0.6) is 0 Å². The number of esters is 1. The van der Waals surface area contributed by atoms with Crippen LogP contribution < -0.4 is 5.32 Å². The third-order valence-corrected chi connectivity index (χ3v) is 4.34. The maximum absolute atomic E-state index is 12.4. The number of benzene rings is 2. The van der Waals surface area contributed by atoms with Crippen LogP contribution in [0, 0.1) is 13.8 Å². The van der Waals surface area contributed by atoms with E-state index in [0.29, 0.717) is 23.3 Å². The van der Waals surface area contributed by atoms with Gasteiger partial charge in [0.2, 0.25) is 0 Å². The van der Waals surface area contributed by atoms with Gasteiger partial charge in [0.15, 0.2) is 6.10 Å². The molecule has 3 rings (SSSR count). The molecular weight excluding hydrogens is 344 g/mol. The van der Waals surface area contributed by atoms with Gasteiger partial charge in [0, 0.05) is 12.2 Å². The maximum atomic E-state index is 12.4. The average Bonchev–Trinajstić information content (AvgIpc) is 3.06. The second-order valence-corrected chi connectivity index (χ2v) is 6.46. The molecule has 0 radical (unpaired) electrons. The van der Waals surface area contributed by atoms with Gasteiger partial charge in [-0.1, -0.05) is 22.9 Å². The molecule has 1 N–H and O–H groups in total. The Bertz CT molecular complexity index is 1010. The summed E-state index contributed by atoms with van der Waals surface area (Å²) in [5.74, 6) is -0.959. The van der Waals surface area contributed by atoms with Crippen LogP contribution in [-0.2, 0) is 16.1 Å². The Morgan fingerprint density at radius 3 is 2.67 bits per heavy atom. The van der Waals surface area contributed by atoms with E-state index in [9.17, 15) is 9.59 Å². The van der Waals surface area contributed by atoms with Gasteiger partial charge in [0.1, 0.15) is 5.52 Å². The average molecular weight is 366 g/mol. The molecular formula is C20H22N4O3. The molecule has 140 valence electrons. The van der Waals surface area contributed by atoms with Crippen molar-refractivity contribution in [1.29, 1.82) is 0 Å². The molecule has 0 unspecified atom stereocenters. The van der Waals surface area contributed by atoms with Crippen LogP contribution in [0.1, 0.15) is 35.3 Å². The van der Waals surface area contributed by atoms with Crippen LogP contribution >= 0.6 is 0 Å². The Kier molecular flexibility index (Phi) is 5.21. The van der Waals surface area contributed by atoms with Crippen molar-refractivity contribution in [2.24, 2.45) is 0 Å². The van der Waals surface area contributed by atoms with Crippen LogP contribution in [0.15, 0.2) is 36.4 Å². The van der Waals surface area contributed by atoms with Crippen molar-refractivity contribution in [3.05, 3.63) is 53.1 Å². The number of nitrogens with one attached hydrogen (secondary N) is 1. The molecule has 1 heterocycles. The van der Waals surface area contributed by atoms with Gasteiger partial charge >= 0.3 is 5.97 Å². The number of anilines is 1. The molecule has 0 aliphatic rings. The molecule has 0 fully saturated rings. The van der Waals surface area contributed by atoms with E-state index in [1.54, 1.807) is 29.8 Å². The number of carbonyl (C=O) groups is 2. The predicted molar refractivity (Wildman–Crippen MR) is 103 cm³/mol. The molecule has 0 spiro atoms. The number of hydrogen-bond donors (Lipinski definition) is 1. The molecule has 3 aromatic rings. The molecule has 0 saturated heterocycles. The molecule has 0 aliphatic carbocycles. The zero-order valence-electron chi connectivity index (χ0n) is 15.8. The number of rotatable bonds is 5. The summed E-state index contributed by atoms with van der Waals surface area (Å²) in [5, 5.41) is 10.9. The SMILES string of the molecule is CCn1nnc2cc(C(=O)O[C@H](C)C(=O)Nc3ccc(C)cc3C)ccc21. The summed E-state index contributed by atoms with van der Waals surface area (Å²) < 4.78 is 7.05. The van der Waals surface area contributed by atoms with E-state index in [4.69, 9.17) is 4.74 Å². The van der Waals surface area contributed by atoms with E-state index < -0.39 is 12.1 Å². The summed E-state index contributed by atoms with van der Waals surface area (Å²) in [5.41, 5.74) is 4.54. The molecule has 1 amide bonds. The number of ether oxygens (including phenoxy) is 1. The van der Waals surface area contributed by atoms with Crippen LogP contribution in [0.4, 0.5) is 5.69 Å². The van der Waals surface area contributed by atoms with Crippen molar-refractivity contribution in [3.63, 3.8) is 0 Å². The smallest absolute Gasteiger partial charge is 0.338 e. The molecule has 0 saturated carbocycles. The minimum absolute atomic E-state index is 0.330. The Hall–Kier alpha value is -3.22. The topological polar surface area (TPSA) is 86.1 Å². The minimum Gasteiger partial charge on any atom is -0.449 e. The quantitative estimate of drug-likeness (QED) is 0.701. The summed E-state index contributed by atoms with van der Waals surface area (Å²) in [4.78, 5) is 24.7. The first-order valence-electron chi connectivity index (χ1n) is 8.81. The number of aromatic nitrogens is 3. The molecule has 1 aromatic heterocycles. The normalized spacial score (nSPS) is 12.0. The lowest BCUT2D eigenvalue weighted by molar-refractivity contribution is -0.123. The first-order chi connectivity index (χ1) is 12.9. The van der Waals surface area contributed by atoms with Gasteiger partial charge in [-0.15, -0.1) is 5.10 Å². The fourth-order valence-electron chi connectivity index (χ4n) is 2.80. The van der Waals surface area contributed by atoms with Crippen molar-refractivity contribution < 1.29 is 14.3 Å². The lowest BCUT2D eigenvalue weighted by Gasteiger charge is -2.15. The number of hydrogen-bond acceptors (Lipinski definition) is 5. The zero-order chi connectivity index (χ0) is 19.6. The number of fused-ring (bicyclic) bond motifs is 1. The summed E-state index contributed by atoms with van der Waals surface area (Å²) in [6, 6.07) is 10.8. The fourth-order valence-corrected chi connectivity index (χ4v) is 2.80. The van der Waals surface area contributed by atoms with Crippen molar-refractivity contribution in [3.8, 4) is 0 Å². The summed E-state index contributed by atoms with van der Waals surface area (Å²) in [6.07, 6.45) is -0.930. The highest BCUT2D eigenvalue weighted by Crippen LogP contribution is 2.18. The third-order valence-electron chi connectivity index (χ3n) is 4.34. The number of amides is 1. The number of nitrogens with zero attached hydrogens (tertiary/aromatic N) is 3. The number of carbonyl (C=O) groups excluding carboxylic acids is 2. The molecule has 0 bridgehead atoms. The first-order valence-corrected chi connectivity index (χ1v) is 8.81. The van der Waals surface area contributed by atoms with E-state index >= 15 is 0 Å². The van der Waals surface area contributed by atoms with Gasteiger partial charge in [0.25, 0.3) is 5.91 Å². The zero-order valence-corrected chi connectivity index (χ0v) is 15.8. The van der Waals surface area contributed by atoms with Gasteiger partial charge in [-0.3, -0.25) is 4.79 Å². The van der Waals surface area contributed by atoms with E-state index in [2.05, 4.69) is 15.6 Å². The minimum atomic E-state index is -0.930. The van der Waals surface area contributed by atoms with E-state index in [1.165, 1.54) is 0 Å². The standard InChI is InChI=1S/C20H22N4O3/c1-5-24-18-9-7-15(11-17(18)22-23-24)20(26)27-14(4)19(25)21-16-8-6-12(2)10-13(16)3/h6-11,14H,5H2,1-4H3,(H,21,25)/t14-/m1/s1. The Morgan fingerprint density at radius 1 is 1.19 bits per heavy atom. The lowest BCUT2D eigenvalue weighted by atomic mass is 10.1. The highest BCUT2D eigenvalue weighted by molar-refractivity contribution is 5.98. The highest BCUT2D eigenvalue weighted by Gasteiger charge is 2.20. The van der Waals surface area contributed by atoms with Crippen molar-refractivity contribution in [2.75, 3.05) is 5.32 Å². The van der Waals surface area contributed by atoms with Gasteiger partial charge in [-0.25, -0.2) is 9.48 Å². The van der Waals surface area contributed by atoms with E-state index in [1.807, 2.05) is 39.0 Å². The predicted octanol–water partition coefficient (Wildman–Crippen LogP) is 3.25. The van der Waals surface area contributed by atoms with Crippen molar-refractivity contribution >= 4 is 28.6 Å². The molecule has 27 heavy (non-hydrogen) atoms. The van der Waals surface area contributed by atoms with Gasteiger partial charge in [-0.05, 0) is 57.5 Å². The molecule has 0 aliphatic heterocycles. The van der Waals surface area contributed by atoms with Gasteiger partial charge in [0.05, 0.1) is 11.1 Å². The second-order valence-electron chi connectivity index (χ2n) is 6.46. The van der Waals surface area contributed by atoms with Crippen LogP contribution in [0.2, 0.25) is 0 Å². The molecule has 1 atom stereocenters. The largest absolute Gasteiger partial charge is 0.449 e. The van der Waals surface area contributed by atoms with Crippen LogP contribution in [0.3, 0.4) is 0 Å². The monoisotopic (exact) mass is 366 g/mol. The van der Waals surface area contributed by atoms with E-state index in [0.717, 1.165) is 16.6 Å². The molecule has 7 heteroatoms. The number of aryl methyl sites for hydroxylation is 3. The molecule has 7 nitrogen and oxygen atoms in total. The fraction of sp³-hybridized carbons (Fsp3) is 0.300. The first kappa shape index (κ1) is 18.6. The Labute approximate surface area is 157 Å². The summed E-state index contributed by atoms with van der Waals surface area (Å²) >= 11 is 0. The van der Waals surface area contributed by atoms with Crippen molar-refractivity contribution in [2.45, 2.75) is 40.3 Å². The van der Waals surface area contributed by atoms with Crippen molar-refractivity contribution in [1.82, 2.24) is 15.0 Å². The summed E-state index contributed by atoms with van der Waals surface area (Å²) in [6.45, 7) is 8.10. The Morgan fingerprint density at radius 2 is 1.96 bits per heavy atom. The Balaban J connectivity index is 1.68. The third kappa shape index (κ3) is 3.97. The van der Waals surface area contributed by atoms with Gasteiger partial charge in [-0.2, -0.15) is 0 Å². The van der Waals surface area contributed by atoms with Crippen LogP contribution in [-0.4, -0.2) is 33.0 Å². The molecule has 2 aromatic carbocycles.